The molecule has 0 aliphatic carbocycles. The van der Waals surface area contributed by atoms with Gasteiger partial charge >= 0.3 is 5.97 Å². The summed E-state index contributed by atoms with van der Waals surface area (Å²) in [7, 11) is 0. The summed E-state index contributed by atoms with van der Waals surface area (Å²) >= 11 is 0. The first kappa shape index (κ1) is 48.8. The van der Waals surface area contributed by atoms with Gasteiger partial charge in [-0.3, -0.25) is 4.79 Å². The van der Waals surface area contributed by atoms with Crippen LogP contribution < -0.4 is 0 Å². The molecule has 0 aromatic carbocycles. The van der Waals surface area contributed by atoms with E-state index in [0.29, 0.717) is 6.61 Å². The molecule has 51 heavy (non-hydrogen) atoms. The number of carbonyl (C=O) groups excluding carboxylic acids is 1. The lowest BCUT2D eigenvalue weighted by Gasteiger charge is -2.15. The number of aliphatic hydroxyl groups excluding tert-OH is 1. The third-order valence-corrected chi connectivity index (χ3v) is 9.05. The minimum atomic E-state index is -0.591. The summed E-state index contributed by atoms with van der Waals surface area (Å²) in [5.41, 5.74) is 0. The maximum absolute atomic E-state index is 12.1. The van der Waals surface area contributed by atoms with E-state index in [9.17, 15) is 9.90 Å². The van der Waals surface area contributed by atoms with Gasteiger partial charge in [0.25, 0.3) is 0 Å². The molecular formula is C47H82O4. The lowest BCUT2D eigenvalue weighted by Crippen LogP contribution is -2.27. The van der Waals surface area contributed by atoms with Crippen molar-refractivity contribution in [1.29, 1.82) is 0 Å². The Balaban J connectivity index is 3.50. The number of unbranched alkanes of at least 4 members (excludes halogenated alkanes) is 20. The van der Waals surface area contributed by atoms with Gasteiger partial charge in [-0.1, -0.05) is 196 Å². The highest BCUT2D eigenvalue weighted by molar-refractivity contribution is 5.71. The van der Waals surface area contributed by atoms with Crippen LogP contribution in [0.15, 0.2) is 72.9 Å². The van der Waals surface area contributed by atoms with Crippen LogP contribution in [0.2, 0.25) is 0 Å². The molecule has 0 amide bonds. The predicted molar refractivity (Wildman–Crippen MR) is 223 cm³/mol. The van der Waals surface area contributed by atoms with Crippen molar-refractivity contribution in [3.63, 3.8) is 0 Å². The summed E-state index contributed by atoms with van der Waals surface area (Å²) in [6, 6.07) is 0. The van der Waals surface area contributed by atoms with Gasteiger partial charge in [0.05, 0.1) is 19.6 Å². The third kappa shape index (κ3) is 42.1. The number of carbonyl (C=O) groups is 1. The van der Waals surface area contributed by atoms with Gasteiger partial charge in [0.2, 0.25) is 0 Å². The molecule has 1 atom stereocenters. The third-order valence-electron chi connectivity index (χ3n) is 9.05. The topological polar surface area (TPSA) is 55.8 Å². The molecule has 0 spiro atoms. The Kier molecular flexibility index (Phi) is 42.1. The monoisotopic (exact) mass is 711 g/mol. The number of hydrogen-bond donors (Lipinski definition) is 1. The molecule has 0 radical (unpaired) electrons. The smallest absolute Gasteiger partial charge is 0.310 e. The molecule has 0 bridgehead atoms. The van der Waals surface area contributed by atoms with Gasteiger partial charge in [-0.2, -0.15) is 0 Å². The number of allylic oxidation sites excluding steroid dienone is 11. The van der Waals surface area contributed by atoms with Crippen LogP contribution in [0.4, 0.5) is 0 Å². The maximum Gasteiger partial charge on any atom is 0.310 e. The Morgan fingerprint density at radius 3 is 1.31 bits per heavy atom. The number of esters is 1. The molecule has 0 aromatic heterocycles. The molecule has 4 heteroatoms. The normalized spacial score (nSPS) is 13.1. The summed E-state index contributed by atoms with van der Waals surface area (Å²) in [5.74, 6) is -0.328. The molecule has 294 valence electrons. The van der Waals surface area contributed by atoms with E-state index < -0.39 is 6.10 Å². The Morgan fingerprint density at radius 1 is 0.490 bits per heavy atom. The van der Waals surface area contributed by atoms with Crippen molar-refractivity contribution in [3.05, 3.63) is 72.9 Å². The Bertz CT molecular complexity index is 881. The number of hydrogen-bond acceptors (Lipinski definition) is 4. The highest BCUT2D eigenvalue weighted by Gasteiger charge is 2.12. The second-order valence-electron chi connectivity index (χ2n) is 14.0. The van der Waals surface area contributed by atoms with Crippen molar-refractivity contribution in [3.8, 4) is 0 Å². The average molecular weight is 711 g/mol. The molecule has 0 saturated carbocycles. The van der Waals surface area contributed by atoms with E-state index in [1.807, 2.05) is 12.2 Å². The first-order valence-corrected chi connectivity index (χ1v) is 21.5. The highest BCUT2D eigenvalue weighted by Crippen LogP contribution is 2.14. The fourth-order valence-corrected chi connectivity index (χ4v) is 5.87. The molecule has 0 rings (SSSR count). The largest absolute Gasteiger partial charge is 0.457 e. The van der Waals surface area contributed by atoms with Crippen LogP contribution >= 0.6 is 0 Å². The number of rotatable bonds is 39. The summed E-state index contributed by atoms with van der Waals surface area (Å²) in [6.45, 7) is 5.13. The van der Waals surface area contributed by atoms with Gasteiger partial charge < -0.3 is 14.6 Å². The molecule has 0 fully saturated rings. The zero-order valence-corrected chi connectivity index (χ0v) is 33.6. The van der Waals surface area contributed by atoms with Crippen LogP contribution in [0.1, 0.15) is 194 Å². The first-order valence-electron chi connectivity index (χ1n) is 21.5. The van der Waals surface area contributed by atoms with E-state index >= 15 is 0 Å². The van der Waals surface area contributed by atoms with E-state index in [0.717, 1.165) is 38.5 Å². The van der Waals surface area contributed by atoms with Gasteiger partial charge in [-0.05, 0) is 64.2 Å². The van der Waals surface area contributed by atoms with E-state index in [4.69, 9.17) is 9.47 Å². The van der Waals surface area contributed by atoms with Crippen molar-refractivity contribution in [2.24, 2.45) is 0 Å². The molecule has 0 saturated heterocycles. The fourth-order valence-electron chi connectivity index (χ4n) is 5.87. The summed E-state index contributed by atoms with van der Waals surface area (Å²) in [4.78, 5) is 12.1. The van der Waals surface area contributed by atoms with Crippen molar-refractivity contribution in [2.75, 3.05) is 19.8 Å². The standard InChI is InChI=1S/C47H82O4/c1-3-5-7-9-11-13-15-17-19-20-21-22-23-24-25-26-27-29-31-33-35-37-39-41-43-50-45-46(44-48)51-47(49)42-40-38-36-34-32-30-28-18-16-14-12-10-8-6-4-2/h6,8,12,14,18,20-21,28,32,34,38,40,46,48H,3-5,7,9-11,13,15-17,19,22-27,29-31,33,35-37,39,41-45H2,1-2H3/b8-6-,14-12-,21-20-,28-18-,34-32-,40-38-. The minimum absolute atomic E-state index is 0.210. The zero-order chi connectivity index (χ0) is 37.0. The Morgan fingerprint density at radius 2 is 0.882 bits per heavy atom. The predicted octanol–water partition coefficient (Wildman–Crippen LogP) is 14.2. The van der Waals surface area contributed by atoms with Crippen LogP contribution in [-0.4, -0.2) is 37.0 Å². The Labute approximate surface area is 317 Å². The maximum atomic E-state index is 12.1. The van der Waals surface area contributed by atoms with Crippen LogP contribution in [0.3, 0.4) is 0 Å². The van der Waals surface area contributed by atoms with E-state index in [1.165, 1.54) is 135 Å². The fraction of sp³-hybridized carbons (Fsp3) is 0.723. The second-order valence-corrected chi connectivity index (χ2v) is 14.0. The summed E-state index contributed by atoms with van der Waals surface area (Å²) in [5, 5.41) is 9.57. The highest BCUT2D eigenvalue weighted by atomic mass is 16.6. The van der Waals surface area contributed by atoms with Gasteiger partial charge in [0, 0.05) is 6.61 Å². The quantitative estimate of drug-likeness (QED) is 0.0392. The Hall–Kier alpha value is -2.17. The molecule has 0 heterocycles. The lowest BCUT2D eigenvalue weighted by atomic mass is 10.0. The SMILES string of the molecule is CC/C=C\C/C=C\C/C=C\C/C=C\C/C=C\CC(=O)OC(CO)COCCCCCCCCCCCCCC/C=C\CCCCCCCCCC. The van der Waals surface area contributed by atoms with Crippen LogP contribution in [-0.2, 0) is 14.3 Å². The van der Waals surface area contributed by atoms with Crippen LogP contribution in [0.5, 0.6) is 0 Å². The number of ether oxygens (including phenoxy) is 2. The molecule has 0 aliphatic heterocycles. The lowest BCUT2D eigenvalue weighted by molar-refractivity contribution is -0.153. The minimum Gasteiger partial charge on any atom is -0.457 e. The summed E-state index contributed by atoms with van der Waals surface area (Å²) in [6.07, 6.45) is 60.0. The number of aliphatic hydroxyl groups is 1. The summed E-state index contributed by atoms with van der Waals surface area (Å²) < 4.78 is 11.1. The van der Waals surface area contributed by atoms with Crippen LogP contribution in [0.25, 0.3) is 0 Å². The zero-order valence-electron chi connectivity index (χ0n) is 33.6. The van der Waals surface area contributed by atoms with E-state index in [1.54, 1.807) is 0 Å². The molecule has 1 N–H and O–H groups in total. The van der Waals surface area contributed by atoms with Gasteiger partial charge in [0.15, 0.2) is 0 Å². The van der Waals surface area contributed by atoms with Crippen molar-refractivity contribution in [1.82, 2.24) is 0 Å². The van der Waals surface area contributed by atoms with Crippen molar-refractivity contribution >= 4 is 5.97 Å². The first-order chi connectivity index (χ1) is 25.2. The van der Waals surface area contributed by atoms with Crippen molar-refractivity contribution in [2.45, 2.75) is 200 Å². The molecular weight excluding hydrogens is 629 g/mol. The molecule has 4 nitrogen and oxygen atoms in total. The van der Waals surface area contributed by atoms with Gasteiger partial charge in [-0.15, -0.1) is 0 Å². The average Bonchev–Trinajstić information content (AvgIpc) is 3.14. The second kappa shape index (κ2) is 44.0. The molecule has 0 aromatic rings. The van der Waals surface area contributed by atoms with Gasteiger partial charge in [-0.25, -0.2) is 0 Å². The van der Waals surface area contributed by atoms with Gasteiger partial charge in [0.1, 0.15) is 6.10 Å². The molecule has 1 unspecified atom stereocenters. The van der Waals surface area contributed by atoms with Crippen molar-refractivity contribution < 1.29 is 19.4 Å². The van der Waals surface area contributed by atoms with E-state index in [2.05, 4.69) is 74.6 Å². The van der Waals surface area contributed by atoms with E-state index in [-0.39, 0.29) is 25.6 Å². The van der Waals surface area contributed by atoms with Crippen LogP contribution in [0, 0.1) is 0 Å². The molecule has 0 aliphatic rings.